The van der Waals surface area contributed by atoms with Crippen LogP contribution in [0.15, 0.2) is 25.8 Å². The van der Waals surface area contributed by atoms with Crippen LogP contribution in [-0.2, 0) is 25.8 Å². The summed E-state index contributed by atoms with van der Waals surface area (Å²) in [6.45, 7) is 13.4. The van der Waals surface area contributed by atoms with Crippen LogP contribution in [0.25, 0.3) is 0 Å². The van der Waals surface area contributed by atoms with Crippen molar-refractivity contribution < 1.29 is 25.8 Å². The molecular weight excluding hydrogens is 488 g/mol. The van der Waals surface area contributed by atoms with Crippen LogP contribution in [0.3, 0.4) is 0 Å². The molecule has 2 heteroatoms. The van der Waals surface area contributed by atoms with Crippen molar-refractivity contribution >= 4 is 0 Å². The Bertz CT molecular complexity index is 358. The van der Waals surface area contributed by atoms with Crippen molar-refractivity contribution in [1.29, 1.82) is 0 Å². The van der Waals surface area contributed by atoms with E-state index in [0.29, 0.717) is 6.10 Å². The summed E-state index contributed by atoms with van der Waals surface area (Å²) in [4.78, 5) is 0. The van der Waals surface area contributed by atoms with Crippen LogP contribution in [0, 0.1) is 29.6 Å². The van der Waals surface area contributed by atoms with Gasteiger partial charge in [0.05, 0.1) is 6.10 Å². The first-order valence-electron chi connectivity index (χ1n) is 11.0. The number of allylic oxidation sites excluding steroid dienone is 1. The van der Waals surface area contributed by atoms with Crippen molar-refractivity contribution in [2.24, 2.45) is 29.6 Å². The summed E-state index contributed by atoms with van der Waals surface area (Å²) >= 11 is 0. The summed E-state index contributed by atoms with van der Waals surface area (Å²) in [6.07, 6.45) is 19.7. The normalized spacial score (nSPS) is 37.6. The van der Waals surface area contributed by atoms with Gasteiger partial charge in [-0.25, -0.2) is 0 Å². The van der Waals surface area contributed by atoms with Crippen LogP contribution in [0.1, 0.15) is 84.0 Å². The Morgan fingerprint density at radius 3 is 1.92 bits per heavy atom. The van der Waals surface area contributed by atoms with Crippen LogP contribution in [0.5, 0.6) is 0 Å². The molecule has 3 rings (SSSR count). The van der Waals surface area contributed by atoms with Crippen LogP contribution in [0.4, 0.5) is 0 Å². The smallest absolute Gasteiger partial charge is 0.0603 e. The van der Waals surface area contributed by atoms with E-state index in [1.807, 2.05) is 0 Å². The zero-order valence-electron chi connectivity index (χ0n) is 17.2. The first-order valence-corrected chi connectivity index (χ1v) is 11.0. The maximum Gasteiger partial charge on any atom is 0.0603 e. The summed E-state index contributed by atoms with van der Waals surface area (Å²) in [5.74, 6) is 4.49. The molecule has 0 aromatic rings. The molecule has 1 nitrogen and oxygen atoms in total. The van der Waals surface area contributed by atoms with E-state index in [1.54, 1.807) is 0 Å². The standard InChI is InChI=1S/C22H38O.C2H4.W/c1-3-18-10-13-21(14-11-18)22-15-12-20(16-23-22)9-8-19-6-4-17(2)5-7-19;1-2;/h3,17-22H,1,4-16H2,2H3;1-2H2;. The van der Waals surface area contributed by atoms with E-state index in [0.717, 1.165) is 36.2 Å². The Labute approximate surface area is 177 Å². The molecule has 0 bridgehead atoms. The fourth-order valence-corrected chi connectivity index (χ4v) is 5.27. The second kappa shape index (κ2) is 13.3. The molecule has 2 atom stereocenters. The van der Waals surface area contributed by atoms with Gasteiger partial charge in [0.2, 0.25) is 0 Å². The number of hydrogen-bond donors (Lipinski definition) is 0. The van der Waals surface area contributed by atoms with Crippen molar-refractivity contribution in [1.82, 2.24) is 0 Å². The molecule has 0 N–H and O–H groups in total. The summed E-state index contributed by atoms with van der Waals surface area (Å²) in [5.41, 5.74) is 0. The molecule has 0 spiro atoms. The molecule has 0 amide bonds. The summed E-state index contributed by atoms with van der Waals surface area (Å²) in [6, 6.07) is 0. The first-order chi connectivity index (χ1) is 12.2. The zero-order chi connectivity index (χ0) is 18.1. The van der Waals surface area contributed by atoms with Gasteiger partial charge in [-0.2, -0.15) is 0 Å². The Morgan fingerprint density at radius 1 is 0.808 bits per heavy atom. The van der Waals surface area contributed by atoms with E-state index < -0.39 is 0 Å². The minimum atomic E-state index is 0. The van der Waals surface area contributed by atoms with E-state index in [4.69, 9.17) is 4.74 Å². The maximum atomic E-state index is 6.33. The molecule has 0 aromatic carbocycles. The van der Waals surface area contributed by atoms with E-state index in [2.05, 4.69) is 32.7 Å². The second-order valence-electron chi connectivity index (χ2n) is 8.93. The van der Waals surface area contributed by atoms with Gasteiger partial charge in [-0.15, -0.1) is 19.7 Å². The van der Waals surface area contributed by atoms with Gasteiger partial charge in [0.1, 0.15) is 0 Å². The van der Waals surface area contributed by atoms with E-state index >= 15 is 0 Å². The number of ether oxygens (including phenoxy) is 1. The molecular formula is C24H42OW. The van der Waals surface area contributed by atoms with Crippen LogP contribution >= 0.6 is 0 Å². The molecule has 3 fully saturated rings. The summed E-state index contributed by atoms with van der Waals surface area (Å²) in [7, 11) is 0. The van der Waals surface area contributed by atoms with E-state index in [-0.39, 0.29) is 21.1 Å². The van der Waals surface area contributed by atoms with Crippen molar-refractivity contribution in [3.05, 3.63) is 25.8 Å². The van der Waals surface area contributed by atoms with E-state index in [1.165, 1.54) is 77.0 Å². The van der Waals surface area contributed by atoms with E-state index in [9.17, 15) is 0 Å². The predicted octanol–water partition coefficient (Wildman–Crippen LogP) is 7.18. The quantitative estimate of drug-likeness (QED) is 0.342. The third-order valence-corrected chi connectivity index (χ3v) is 7.20. The molecule has 1 heterocycles. The van der Waals surface area contributed by atoms with Gasteiger partial charge in [-0.1, -0.05) is 45.1 Å². The average molecular weight is 530 g/mol. The Hall–Kier alpha value is 0.128. The average Bonchev–Trinajstić information content (AvgIpc) is 2.70. The molecule has 0 radical (unpaired) electrons. The molecule has 26 heavy (non-hydrogen) atoms. The van der Waals surface area contributed by atoms with Gasteiger partial charge in [-0.3, -0.25) is 0 Å². The fraction of sp³-hybridized carbons (Fsp3) is 0.833. The summed E-state index contributed by atoms with van der Waals surface area (Å²) in [5, 5.41) is 0. The minimum absolute atomic E-state index is 0. The Balaban J connectivity index is 0.00000109. The zero-order valence-corrected chi connectivity index (χ0v) is 20.1. The molecule has 150 valence electrons. The van der Waals surface area contributed by atoms with Gasteiger partial charge in [0, 0.05) is 27.7 Å². The van der Waals surface area contributed by atoms with Crippen molar-refractivity contribution in [2.45, 2.75) is 90.1 Å². The van der Waals surface area contributed by atoms with Gasteiger partial charge in [0.25, 0.3) is 0 Å². The molecule has 0 aromatic heterocycles. The largest absolute Gasteiger partial charge is 0.378 e. The molecule has 1 saturated heterocycles. The van der Waals surface area contributed by atoms with Crippen LogP contribution in [-0.4, -0.2) is 12.7 Å². The fourth-order valence-electron chi connectivity index (χ4n) is 5.27. The Morgan fingerprint density at radius 2 is 1.38 bits per heavy atom. The van der Waals surface area contributed by atoms with Crippen molar-refractivity contribution in [3.8, 4) is 0 Å². The molecule has 3 aliphatic rings. The molecule has 2 unspecified atom stereocenters. The SMILES string of the molecule is C=C.C=CC1CCC(C2CCC(CCC3CCC(C)CC3)CO2)CC1.[W]. The number of rotatable bonds is 5. The topological polar surface area (TPSA) is 9.23 Å². The predicted molar refractivity (Wildman–Crippen MR) is 110 cm³/mol. The third kappa shape index (κ3) is 7.63. The minimum Gasteiger partial charge on any atom is -0.378 e. The molecule has 2 saturated carbocycles. The second-order valence-corrected chi connectivity index (χ2v) is 8.93. The first kappa shape index (κ1) is 24.2. The third-order valence-electron chi connectivity index (χ3n) is 7.20. The van der Waals surface area contributed by atoms with Crippen LogP contribution < -0.4 is 0 Å². The molecule has 2 aliphatic carbocycles. The van der Waals surface area contributed by atoms with Crippen molar-refractivity contribution in [2.75, 3.05) is 6.61 Å². The Kier molecular flexibility index (Phi) is 12.4. The summed E-state index contributed by atoms with van der Waals surface area (Å²) < 4.78 is 6.33. The van der Waals surface area contributed by atoms with Gasteiger partial charge in [-0.05, 0) is 74.5 Å². The van der Waals surface area contributed by atoms with Crippen molar-refractivity contribution in [3.63, 3.8) is 0 Å². The number of hydrogen-bond acceptors (Lipinski definition) is 1. The van der Waals surface area contributed by atoms with Crippen LogP contribution in [0.2, 0.25) is 0 Å². The molecule has 1 aliphatic heterocycles. The van der Waals surface area contributed by atoms with Gasteiger partial charge < -0.3 is 4.74 Å². The van der Waals surface area contributed by atoms with Gasteiger partial charge in [0.15, 0.2) is 0 Å². The monoisotopic (exact) mass is 530 g/mol. The van der Waals surface area contributed by atoms with Gasteiger partial charge >= 0.3 is 0 Å². The maximum absolute atomic E-state index is 6.33.